The van der Waals surface area contributed by atoms with Gasteiger partial charge >= 0.3 is 0 Å². The maximum Gasteiger partial charge on any atom is 0.133 e. The van der Waals surface area contributed by atoms with Crippen LogP contribution in [0.3, 0.4) is 0 Å². The molecule has 0 saturated carbocycles. The number of fused-ring (bicyclic) bond motifs is 1. The van der Waals surface area contributed by atoms with Gasteiger partial charge in [-0.3, -0.25) is 0 Å². The molecule has 0 aliphatic carbocycles. The number of aromatic nitrogens is 1. The molecule has 3 rings (SSSR count). The summed E-state index contributed by atoms with van der Waals surface area (Å²) in [4.78, 5) is 6.93. The predicted molar refractivity (Wildman–Crippen MR) is 85.1 cm³/mol. The number of hydrogen-bond acceptors (Lipinski definition) is 3. The highest BCUT2D eigenvalue weighted by molar-refractivity contribution is 5.91. The molecule has 2 aromatic rings. The molecule has 1 aromatic carbocycles. The maximum absolute atomic E-state index is 4.52. The number of likely N-dealkylation sites (tertiary alicyclic amines) is 1. The van der Waals surface area contributed by atoms with Crippen molar-refractivity contribution in [2.75, 3.05) is 32.0 Å². The third-order valence-electron chi connectivity index (χ3n) is 4.55. The molecular formula is C17H23N3. The summed E-state index contributed by atoms with van der Waals surface area (Å²) in [6, 6.07) is 10.5. The number of nitrogens with zero attached hydrogens (tertiary/aromatic N) is 2. The first-order valence-electron chi connectivity index (χ1n) is 7.43. The van der Waals surface area contributed by atoms with E-state index in [1.807, 2.05) is 6.20 Å². The maximum atomic E-state index is 4.52. The normalized spacial score (nSPS) is 19.1. The third kappa shape index (κ3) is 2.78. The lowest BCUT2D eigenvalue weighted by Gasteiger charge is -2.38. The Morgan fingerprint density at radius 1 is 1.20 bits per heavy atom. The minimum absolute atomic E-state index is 0.380. The summed E-state index contributed by atoms with van der Waals surface area (Å²) in [6.45, 7) is 5.78. The Bertz CT molecular complexity index is 580. The molecule has 0 amide bonds. The summed E-state index contributed by atoms with van der Waals surface area (Å²) in [5.74, 6) is 1.02. The Hall–Kier alpha value is -1.61. The van der Waals surface area contributed by atoms with Gasteiger partial charge in [-0.25, -0.2) is 4.98 Å². The van der Waals surface area contributed by atoms with E-state index in [4.69, 9.17) is 0 Å². The van der Waals surface area contributed by atoms with E-state index in [0.29, 0.717) is 5.41 Å². The summed E-state index contributed by atoms with van der Waals surface area (Å²) >= 11 is 0. The molecule has 0 unspecified atom stereocenters. The van der Waals surface area contributed by atoms with E-state index in [-0.39, 0.29) is 0 Å². The molecule has 1 aromatic heterocycles. The molecule has 0 atom stereocenters. The predicted octanol–water partition coefficient (Wildman–Crippen LogP) is 3.38. The first-order chi connectivity index (χ1) is 9.66. The van der Waals surface area contributed by atoms with Crippen molar-refractivity contribution in [2.45, 2.75) is 19.8 Å². The van der Waals surface area contributed by atoms with Gasteiger partial charge in [-0.05, 0) is 49.8 Å². The molecule has 2 heterocycles. The highest BCUT2D eigenvalue weighted by Crippen LogP contribution is 2.31. The molecular weight excluding hydrogens is 246 g/mol. The molecule has 1 saturated heterocycles. The molecule has 20 heavy (non-hydrogen) atoms. The Morgan fingerprint density at radius 3 is 2.75 bits per heavy atom. The van der Waals surface area contributed by atoms with Crippen molar-refractivity contribution in [1.82, 2.24) is 9.88 Å². The van der Waals surface area contributed by atoms with Gasteiger partial charge in [0.25, 0.3) is 0 Å². The van der Waals surface area contributed by atoms with Crippen LogP contribution in [0.25, 0.3) is 10.8 Å². The Kier molecular flexibility index (Phi) is 3.62. The third-order valence-corrected chi connectivity index (χ3v) is 4.55. The fraction of sp³-hybridized carbons (Fsp3) is 0.471. The summed E-state index contributed by atoms with van der Waals surface area (Å²) in [5.41, 5.74) is 0.380. The second kappa shape index (κ2) is 5.41. The van der Waals surface area contributed by atoms with Crippen LogP contribution in [0.15, 0.2) is 36.5 Å². The first kappa shape index (κ1) is 13.4. The van der Waals surface area contributed by atoms with Gasteiger partial charge in [0.2, 0.25) is 0 Å². The van der Waals surface area contributed by atoms with Crippen LogP contribution in [0, 0.1) is 5.41 Å². The zero-order valence-corrected chi connectivity index (χ0v) is 12.4. The van der Waals surface area contributed by atoms with Crippen LogP contribution in [0.1, 0.15) is 19.8 Å². The van der Waals surface area contributed by atoms with Crippen LogP contribution in [0.4, 0.5) is 5.82 Å². The molecule has 0 bridgehead atoms. The number of pyridine rings is 1. The van der Waals surface area contributed by atoms with Crippen LogP contribution in [0.2, 0.25) is 0 Å². The number of benzene rings is 1. The number of rotatable bonds is 3. The molecule has 0 radical (unpaired) electrons. The average Bonchev–Trinajstić information content (AvgIpc) is 2.49. The van der Waals surface area contributed by atoms with Gasteiger partial charge in [0.05, 0.1) is 0 Å². The lowest BCUT2D eigenvalue weighted by Crippen LogP contribution is -2.40. The Balaban J connectivity index is 1.74. The second-order valence-electron chi connectivity index (χ2n) is 6.35. The van der Waals surface area contributed by atoms with Crippen molar-refractivity contribution in [3.05, 3.63) is 36.5 Å². The number of piperidine rings is 1. The van der Waals surface area contributed by atoms with Crippen molar-refractivity contribution >= 4 is 16.6 Å². The zero-order valence-electron chi connectivity index (χ0n) is 12.4. The molecule has 3 nitrogen and oxygen atoms in total. The molecule has 1 N–H and O–H groups in total. The largest absolute Gasteiger partial charge is 0.369 e. The van der Waals surface area contributed by atoms with Crippen molar-refractivity contribution in [3.63, 3.8) is 0 Å². The van der Waals surface area contributed by atoms with E-state index in [1.54, 1.807) is 0 Å². The standard InChI is InChI=1S/C17H23N3/c1-17(8-11-20(2)12-9-17)13-19-16-15-6-4-3-5-14(15)7-10-18-16/h3-7,10H,8-9,11-13H2,1-2H3,(H,18,19). The summed E-state index contributed by atoms with van der Waals surface area (Å²) in [7, 11) is 2.21. The average molecular weight is 269 g/mol. The highest BCUT2D eigenvalue weighted by Gasteiger charge is 2.28. The molecule has 3 heteroatoms. The van der Waals surface area contributed by atoms with Crippen LogP contribution in [-0.2, 0) is 0 Å². The van der Waals surface area contributed by atoms with Gasteiger partial charge in [-0.15, -0.1) is 0 Å². The van der Waals surface area contributed by atoms with Gasteiger partial charge in [0.15, 0.2) is 0 Å². The fourth-order valence-electron chi connectivity index (χ4n) is 2.89. The number of anilines is 1. The minimum Gasteiger partial charge on any atom is -0.369 e. The topological polar surface area (TPSA) is 28.2 Å². The molecule has 0 spiro atoms. The second-order valence-corrected chi connectivity index (χ2v) is 6.35. The van der Waals surface area contributed by atoms with Crippen molar-refractivity contribution in [2.24, 2.45) is 5.41 Å². The van der Waals surface area contributed by atoms with E-state index in [1.165, 1.54) is 36.7 Å². The van der Waals surface area contributed by atoms with Crippen molar-refractivity contribution in [3.8, 4) is 0 Å². The minimum atomic E-state index is 0.380. The lowest BCUT2D eigenvalue weighted by atomic mass is 9.80. The van der Waals surface area contributed by atoms with Gasteiger partial charge in [-0.1, -0.05) is 31.2 Å². The summed E-state index contributed by atoms with van der Waals surface area (Å²) < 4.78 is 0. The fourth-order valence-corrected chi connectivity index (χ4v) is 2.89. The number of nitrogens with one attached hydrogen (secondary N) is 1. The van der Waals surface area contributed by atoms with Crippen LogP contribution in [0.5, 0.6) is 0 Å². The van der Waals surface area contributed by atoms with Crippen LogP contribution >= 0.6 is 0 Å². The van der Waals surface area contributed by atoms with Gasteiger partial charge in [0, 0.05) is 18.1 Å². The molecule has 1 aliphatic heterocycles. The summed E-state index contributed by atoms with van der Waals surface area (Å²) in [6.07, 6.45) is 4.39. The zero-order chi connectivity index (χ0) is 14.0. The van der Waals surface area contributed by atoms with E-state index in [0.717, 1.165) is 12.4 Å². The van der Waals surface area contributed by atoms with Gasteiger partial charge in [-0.2, -0.15) is 0 Å². The van der Waals surface area contributed by atoms with Crippen molar-refractivity contribution < 1.29 is 0 Å². The Morgan fingerprint density at radius 2 is 1.95 bits per heavy atom. The van der Waals surface area contributed by atoms with Crippen LogP contribution in [-0.4, -0.2) is 36.6 Å². The van der Waals surface area contributed by atoms with E-state index in [9.17, 15) is 0 Å². The quantitative estimate of drug-likeness (QED) is 0.926. The number of hydrogen-bond donors (Lipinski definition) is 1. The van der Waals surface area contributed by atoms with E-state index < -0.39 is 0 Å². The van der Waals surface area contributed by atoms with Crippen molar-refractivity contribution in [1.29, 1.82) is 0 Å². The van der Waals surface area contributed by atoms with Gasteiger partial charge in [0.1, 0.15) is 5.82 Å². The van der Waals surface area contributed by atoms with Crippen LogP contribution < -0.4 is 5.32 Å². The summed E-state index contributed by atoms with van der Waals surface area (Å²) in [5, 5.41) is 6.05. The molecule has 1 fully saturated rings. The monoisotopic (exact) mass is 269 g/mol. The smallest absolute Gasteiger partial charge is 0.133 e. The Labute approximate surface area is 121 Å². The first-order valence-corrected chi connectivity index (χ1v) is 7.43. The SMILES string of the molecule is CN1CCC(C)(CNc2nccc3ccccc23)CC1. The highest BCUT2D eigenvalue weighted by atomic mass is 15.1. The van der Waals surface area contributed by atoms with E-state index >= 15 is 0 Å². The molecule has 106 valence electrons. The van der Waals surface area contributed by atoms with Gasteiger partial charge < -0.3 is 10.2 Å². The lowest BCUT2D eigenvalue weighted by molar-refractivity contribution is 0.150. The molecule has 1 aliphatic rings. The van der Waals surface area contributed by atoms with E-state index in [2.05, 4.69) is 59.5 Å².